The van der Waals surface area contributed by atoms with Crippen molar-refractivity contribution in [2.45, 2.75) is 25.6 Å². The first kappa shape index (κ1) is 22.8. The second-order valence-electron chi connectivity index (χ2n) is 7.11. The number of nitro benzene ring substituents is 1. The first-order valence-corrected chi connectivity index (χ1v) is 10.1. The summed E-state index contributed by atoms with van der Waals surface area (Å²) in [5, 5.41) is 23.7. The highest BCUT2D eigenvalue weighted by molar-refractivity contribution is 6.02. The van der Waals surface area contributed by atoms with Crippen LogP contribution in [0.15, 0.2) is 48.0 Å². The zero-order chi connectivity index (χ0) is 22.9. The van der Waals surface area contributed by atoms with E-state index in [4.69, 9.17) is 14.2 Å². The van der Waals surface area contributed by atoms with Crippen molar-refractivity contribution >= 4 is 17.7 Å². The number of methoxy groups -OCH3 is 1. The average Bonchev–Trinajstić information content (AvgIpc) is 3.33. The van der Waals surface area contributed by atoms with E-state index < -0.39 is 10.8 Å². The van der Waals surface area contributed by atoms with E-state index >= 15 is 0 Å². The molecule has 1 heterocycles. The van der Waals surface area contributed by atoms with E-state index in [1.54, 1.807) is 6.07 Å². The quantitative estimate of drug-likeness (QED) is 0.276. The van der Waals surface area contributed by atoms with Gasteiger partial charge in [-0.2, -0.15) is 5.26 Å². The summed E-state index contributed by atoms with van der Waals surface area (Å²) in [4.78, 5) is 23.5. The van der Waals surface area contributed by atoms with Crippen LogP contribution >= 0.6 is 0 Å². The van der Waals surface area contributed by atoms with Gasteiger partial charge in [0.1, 0.15) is 18.2 Å². The second-order valence-corrected chi connectivity index (χ2v) is 7.11. The fourth-order valence-corrected chi connectivity index (χ4v) is 3.26. The van der Waals surface area contributed by atoms with Crippen LogP contribution in [-0.2, 0) is 16.1 Å². The number of benzene rings is 2. The summed E-state index contributed by atoms with van der Waals surface area (Å²) >= 11 is 0. The number of nitrogens with zero attached hydrogens (tertiary/aromatic N) is 2. The standard InChI is InChI=1S/C23H23N3O6/c1-30-21-11-17(10-18(13-24)23(27)25-14-19-8-5-9-31-19)20(26(28)29)12-22(21)32-15-16-6-3-2-4-7-16/h2-4,6-7,10-12,19H,5,8-9,14-15H2,1H3,(H,25,27)/b18-10+/t19-/m1/s1. The van der Waals surface area contributed by atoms with E-state index in [0.717, 1.165) is 18.4 Å². The molecular formula is C23H23N3O6. The van der Waals surface area contributed by atoms with Crippen molar-refractivity contribution in [3.8, 4) is 17.6 Å². The van der Waals surface area contributed by atoms with Crippen LogP contribution in [0.1, 0.15) is 24.0 Å². The Hall–Kier alpha value is -3.90. The fourth-order valence-electron chi connectivity index (χ4n) is 3.26. The smallest absolute Gasteiger partial charge is 0.280 e. The van der Waals surface area contributed by atoms with Crippen LogP contribution in [0.25, 0.3) is 6.08 Å². The van der Waals surface area contributed by atoms with Crippen molar-refractivity contribution in [2.24, 2.45) is 0 Å². The van der Waals surface area contributed by atoms with Crippen LogP contribution in [0.3, 0.4) is 0 Å². The van der Waals surface area contributed by atoms with Gasteiger partial charge in [0.05, 0.1) is 29.8 Å². The Kier molecular flexibility index (Phi) is 7.78. The van der Waals surface area contributed by atoms with Gasteiger partial charge >= 0.3 is 0 Å². The number of amides is 1. The molecule has 0 aliphatic carbocycles. The summed E-state index contributed by atoms with van der Waals surface area (Å²) in [5.74, 6) is -0.197. The van der Waals surface area contributed by atoms with Crippen LogP contribution in [0.2, 0.25) is 0 Å². The van der Waals surface area contributed by atoms with Gasteiger partial charge in [-0.25, -0.2) is 0 Å². The van der Waals surface area contributed by atoms with Crippen molar-refractivity contribution in [3.05, 3.63) is 69.3 Å². The van der Waals surface area contributed by atoms with E-state index in [9.17, 15) is 20.2 Å². The SMILES string of the molecule is COc1cc(/C=C(\C#N)C(=O)NC[C@H]2CCCO2)c([N+](=O)[O-])cc1OCc1ccccc1. The lowest BCUT2D eigenvalue weighted by atomic mass is 10.1. The Labute approximate surface area is 185 Å². The zero-order valence-electron chi connectivity index (χ0n) is 17.6. The van der Waals surface area contributed by atoms with Crippen LogP contribution in [0.5, 0.6) is 11.5 Å². The molecule has 0 radical (unpaired) electrons. The van der Waals surface area contributed by atoms with Crippen molar-refractivity contribution in [1.82, 2.24) is 5.32 Å². The molecule has 1 atom stereocenters. The molecule has 1 N–H and O–H groups in total. The van der Waals surface area contributed by atoms with Gasteiger partial charge in [-0.1, -0.05) is 30.3 Å². The summed E-state index contributed by atoms with van der Waals surface area (Å²) in [6.45, 7) is 1.11. The first-order valence-electron chi connectivity index (χ1n) is 10.1. The molecule has 9 nitrogen and oxygen atoms in total. The Bertz CT molecular complexity index is 1040. The molecule has 1 amide bonds. The molecule has 0 unspecified atom stereocenters. The predicted molar refractivity (Wildman–Crippen MR) is 116 cm³/mol. The average molecular weight is 437 g/mol. The molecule has 0 saturated carbocycles. The summed E-state index contributed by atoms with van der Waals surface area (Å²) in [5.41, 5.74) is 0.373. The maximum absolute atomic E-state index is 12.4. The lowest BCUT2D eigenvalue weighted by Crippen LogP contribution is -2.32. The third kappa shape index (κ3) is 5.83. The van der Waals surface area contributed by atoms with Crippen LogP contribution in [0.4, 0.5) is 5.69 Å². The van der Waals surface area contributed by atoms with Crippen molar-refractivity contribution < 1.29 is 23.9 Å². The van der Waals surface area contributed by atoms with Gasteiger partial charge in [0.25, 0.3) is 11.6 Å². The minimum Gasteiger partial charge on any atom is -0.493 e. The molecule has 0 aromatic heterocycles. The normalized spacial score (nSPS) is 15.6. The molecule has 0 spiro atoms. The maximum atomic E-state index is 12.4. The Morgan fingerprint density at radius 3 is 2.75 bits per heavy atom. The predicted octanol–water partition coefficient (Wildman–Crippen LogP) is 3.38. The number of hydrogen-bond acceptors (Lipinski definition) is 7. The van der Waals surface area contributed by atoms with Crippen LogP contribution in [0, 0.1) is 21.4 Å². The largest absolute Gasteiger partial charge is 0.493 e. The van der Waals surface area contributed by atoms with E-state index in [1.165, 1.54) is 25.3 Å². The number of nitro groups is 1. The lowest BCUT2D eigenvalue weighted by molar-refractivity contribution is -0.385. The molecule has 1 aliphatic heterocycles. The molecule has 166 valence electrons. The number of carbonyl (C=O) groups excluding carboxylic acids is 1. The first-order chi connectivity index (χ1) is 15.5. The van der Waals surface area contributed by atoms with Crippen LogP contribution in [-0.4, -0.2) is 37.2 Å². The summed E-state index contributed by atoms with van der Waals surface area (Å²) in [6, 6.07) is 13.7. The third-order valence-corrected chi connectivity index (χ3v) is 4.93. The fraction of sp³-hybridized carbons (Fsp3) is 0.304. The number of nitrogens with one attached hydrogen (secondary N) is 1. The molecule has 1 aliphatic rings. The highest BCUT2D eigenvalue weighted by Crippen LogP contribution is 2.36. The van der Waals surface area contributed by atoms with Crippen molar-refractivity contribution in [2.75, 3.05) is 20.3 Å². The van der Waals surface area contributed by atoms with Gasteiger partial charge in [-0.05, 0) is 30.5 Å². The van der Waals surface area contributed by atoms with E-state index in [2.05, 4.69) is 5.32 Å². The summed E-state index contributed by atoms with van der Waals surface area (Å²) in [7, 11) is 1.41. The lowest BCUT2D eigenvalue weighted by Gasteiger charge is -2.12. The number of ether oxygens (including phenoxy) is 3. The third-order valence-electron chi connectivity index (χ3n) is 4.93. The molecule has 32 heavy (non-hydrogen) atoms. The molecule has 1 fully saturated rings. The van der Waals surface area contributed by atoms with Crippen molar-refractivity contribution in [3.63, 3.8) is 0 Å². The monoisotopic (exact) mass is 437 g/mol. The molecule has 0 bridgehead atoms. The van der Waals surface area contributed by atoms with Gasteiger partial charge in [-0.3, -0.25) is 14.9 Å². The highest BCUT2D eigenvalue weighted by atomic mass is 16.6. The Morgan fingerprint density at radius 2 is 2.12 bits per heavy atom. The van der Waals surface area contributed by atoms with Crippen molar-refractivity contribution in [1.29, 1.82) is 5.26 Å². The van der Waals surface area contributed by atoms with E-state index in [1.807, 2.05) is 30.3 Å². The molecule has 2 aromatic rings. The molecule has 9 heteroatoms. The van der Waals surface area contributed by atoms with Crippen LogP contribution < -0.4 is 14.8 Å². The number of nitriles is 1. The van der Waals surface area contributed by atoms with E-state index in [0.29, 0.717) is 6.61 Å². The molecule has 2 aromatic carbocycles. The van der Waals surface area contributed by atoms with E-state index in [-0.39, 0.29) is 47.6 Å². The topological polar surface area (TPSA) is 124 Å². The molecule has 1 saturated heterocycles. The molecular weight excluding hydrogens is 414 g/mol. The number of rotatable bonds is 9. The van der Waals surface area contributed by atoms with Gasteiger partial charge in [-0.15, -0.1) is 0 Å². The van der Waals surface area contributed by atoms with Gasteiger partial charge < -0.3 is 19.5 Å². The molecule has 3 rings (SSSR count). The summed E-state index contributed by atoms with van der Waals surface area (Å²) < 4.78 is 16.5. The number of carbonyl (C=O) groups is 1. The second kappa shape index (κ2) is 10.9. The van der Waals surface area contributed by atoms with Gasteiger partial charge in [0.2, 0.25) is 0 Å². The van der Waals surface area contributed by atoms with Gasteiger partial charge in [0.15, 0.2) is 11.5 Å². The minimum atomic E-state index is -0.624. The Morgan fingerprint density at radius 1 is 1.34 bits per heavy atom. The highest BCUT2D eigenvalue weighted by Gasteiger charge is 2.22. The zero-order valence-corrected chi connectivity index (χ0v) is 17.6. The maximum Gasteiger partial charge on any atom is 0.280 e. The minimum absolute atomic E-state index is 0.0581. The van der Waals surface area contributed by atoms with Gasteiger partial charge in [0, 0.05) is 13.2 Å². The Balaban J connectivity index is 1.84. The summed E-state index contributed by atoms with van der Waals surface area (Å²) in [6.07, 6.45) is 2.84. The number of hydrogen-bond donors (Lipinski definition) is 1.